The molecule has 3 heterocycles. The third-order valence-corrected chi connectivity index (χ3v) is 16.4. The van der Waals surface area contributed by atoms with Crippen molar-refractivity contribution in [2.75, 3.05) is 0 Å². The summed E-state index contributed by atoms with van der Waals surface area (Å²) < 4.78 is 11.0. The molecule has 9 rings (SSSR count). The van der Waals surface area contributed by atoms with Crippen molar-refractivity contribution in [1.82, 2.24) is 12.5 Å². The first-order valence-electron chi connectivity index (χ1n) is 17.4. The molecule has 4 nitrogen and oxygen atoms in total. The lowest BCUT2D eigenvalue weighted by atomic mass is 10.0. The van der Waals surface area contributed by atoms with Gasteiger partial charge in [-0.3, -0.25) is 0 Å². The first-order valence-corrected chi connectivity index (χ1v) is 19.8. The van der Waals surface area contributed by atoms with Gasteiger partial charge in [-0.2, -0.15) is 16.8 Å². The number of benzene rings is 6. The zero-order valence-corrected chi connectivity index (χ0v) is 31.6. The lowest BCUT2D eigenvalue weighted by Crippen LogP contribution is -2.40. The molecule has 0 aliphatic heterocycles. The lowest BCUT2D eigenvalue weighted by Gasteiger charge is -2.32. The average Bonchev–Trinajstić information content (AvgIpc) is 3.06. The van der Waals surface area contributed by atoms with E-state index in [0.717, 1.165) is 0 Å². The Kier molecular flexibility index (Phi) is 7.86. The number of hydrogen-bond acceptors (Lipinski definition) is 0. The smallest absolute Gasteiger partial charge is 0.191 e. The van der Waals surface area contributed by atoms with Crippen molar-refractivity contribution < 1.29 is 4.33 Å². The summed E-state index contributed by atoms with van der Waals surface area (Å²) in [7, 11) is -1.76. The number of fused-ring (bicyclic) bond motifs is 4. The maximum absolute atomic E-state index is 2.86. The monoisotopic (exact) mass is 679 g/mol. The second kappa shape index (κ2) is 12.1. The second-order valence-corrected chi connectivity index (χ2v) is 18.3. The molecule has 0 saturated heterocycles. The molecule has 0 saturated carbocycles. The maximum atomic E-state index is 2.86. The highest BCUT2D eigenvalue weighted by Gasteiger charge is 2.39. The van der Waals surface area contributed by atoms with E-state index in [0.29, 0.717) is 0 Å². The fourth-order valence-corrected chi connectivity index (χ4v) is 15.2. The summed E-state index contributed by atoms with van der Waals surface area (Å²) in [5, 5.41) is 5.18. The van der Waals surface area contributed by atoms with Crippen molar-refractivity contribution in [2.24, 2.45) is 0 Å². The van der Waals surface area contributed by atoms with E-state index in [4.69, 9.17) is 0 Å². The van der Waals surface area contributed by atoms with E-state index < -0.39 is 15.6 Å². The van der Waals surface area contributed by atoms with Crippen LogP contribution in [0, 0.1) is 41.5 Å². The minimum Gasteiger partial charge on any atom is -0.191 e. The summed E-state index contributed by atoms with van der Waals surface area (Å²) in [6.07, 6.45) is 2.47. The second-order valence-electron chi connectivity index (χ2n) is 14.0. The molecule has 6 aromatic carbocycles. The van der Waals surface area contributed by atoms with Gasteiger partial charge in [-0.1, -0.05) is 108 Å². The van der Waals surface area contributed by atoms with Crippen LogP contribution < -0.4 is 4.33 Å². The highest BCUT2D eigenvalue weighted by molar-refractivity contribution is 7.56. The van der Waals surface area contributed by atoms with Crippen LogP contribution in [-0.2, 0) is 0 Å². The molecule has 0 fully saturated rings. The van der Waals surface area contributed by atoms with Crippen LogP contribution in [0.5, 0.6) is 0 Å². The minimum absolute atomic E-state index is 0.220. The number of aryl methyl sites for hydroxylation is 6. The Morgan fingerprint density at radius 3 is 1.41 bits per heavy atom. The largest absolute Gasteiger partial charge is 0.303 e. The molecule has 2 atom stereocenters. The molecule has 49 heavy (non-hydrogen) atoms. The van der Waals surface area contributed by atoms with Crippen molar-refractivity contribution in [2.45, 2.75) is 67.5 Å². The summed E-state index contributed by atoms with van der Waals surface area (Å²) >= 11 is 0. The maximum Gasteiger partial charge on any atom is 0.303 e. The van der Waals surface area contributed by atoms with Gasteiger partial charge in [0.05, 0.1) is 0 Å². The number of aromatic nitrogens is 4. The van der Waals surface area contributed by atoms with Gasteiger partial charge in [0.15, 0.2) is 6.33 Å². The summed E-state index contributed by atoms with van der Waals surface area (Å²) in [5.41, 5.74) is 13.3. The Morgan fingerprint density at radius 1 is 0.510 bits per heavy atom. The van der Waals surface area contributed by atoms with Crippen molar-refractivity contribution in [3.8, 4) is 11.4 Å². The molecule has 0 spiro atoms. The molecule has 2 bridgehead atoms. The predicted molar refractivity (Wildman–Crippen MR) is 210 cm³/mol. The van der Waals surface area contributed by atoms with Crippen LogP contribution >= 0.6 is 15.6 Å². The number of rotatable bonds is 6. The Bertz CT molecular complexity index is 2330. The van der Waals surface area contributed by atoms with E-state index in [9.17, 15) is 0 Å². The number of nitrogens with zero attached hydrogens (tertiary/aromatic N) is 4. The summed E-state index contributed by atoms with van der Waals surface area (Å²) in [6, 6.07) is 41.5. The van der Waals surface area contributed by atoms with Crippen LogP contribution in [0.15, 0.2) is 116 Å². The van der Waals surface area contributed by atoms with Gasteiger partial charge in [-0.25, -0.2) is 0 Å². The molecule has 6 heteroatoms. The zero-order valence-electron chi connectivity index (χ0n) is 29.8. The van der Waals surface area contributed by atoms with Gasteiger partial charge in [-0.15, -0.1) is 0 Å². The zero-order chi connectivity index (χ0) is 34.1. The summed E-state index contributed by atoms with van der Waals surface area (Å²) in [5.74, 6) is 0. The van der Waals surface area contributed by atoms with Crippen molar-refractivity contribution >= 4 is 37.2 Å². The molecular formula is C43H45N4P2+. The summed E-state index contributed by atoms with van der Waals surface area (Å²) in [4.78, 5) is 0. The quantitative estimate of drug-likeness (QED) is 0.167. The van der Waals surface area contributed by atoms with E-state index in [1.165, 1.54) is 77.4 Å². The molecule has 246 valence electrons. The standard InChI is InChI=1S/C43H45N4P2/c1-28-21-30(3)42(31(4)22-28)44-27-45(43-32(5)23-29(2)24-33(43)6)49-46(34(7)38-19-17-36-13-9-11-15-40(36)25-38)48(44)47(49)35(8)39-20-18-37-14-10-12-16-41(37)26-39/h9-27,34-35H,1-8H3/q+1/t34-,35-,48?,49?/m0/s1. The van der Waals surface area contributed by atoms with Gasteiger partial charge in [0.25, 0.3) is 0 Å². The van der Waals surface area contributed by atoms with Gasteiger partial charge in [0.2, 0.25) is 0 Å². The third-order valence-electron chi connectivity index (χ3n) is 10.3. The van der Waals surface area contributed by atoms with Gasteiger partial charge in [-0.05, 0) is 122 Å². The number of hydrogen-bond donors (Lipinski definition) is 0. The SMILES string of the molecule is Cc1cc(C)c(-n2c[n+](-c3c(C)cc(C)cc3C)p3n([C@@H](C)c4ccc5ccccc5c4)p2n3[C@@H](C)c2ccc3ccccc3c2)c(C)c1. The molecule has 3 aromatic heterocycles. The summed E-state index contributed by atoms with van der Waals surface area (Å²) in [6.45, 7) is 18.4. The normalized spacial score (nSPS) is 13.9. The van der Waals surface area contributed by atoms with Crippen LogP contribution in [0.1, 0.15) is 70.4 Å². The van der Waals surface area contributed by atoms with Crippen LogP contribution in [0.4, 0.5) is 0 Å². The molecule has 0 amide bonds. The molecule has 9 aromatic rings. The van der Waals surface area contributed by atoms with E-state index in [1.807, 2.05) is 0 Å². The van der Waals surface area contributed by atoms with Crippen LogP contribution in [-0.4, -0.2) is 12.5 Å². The highest BCUT2D eigenvalue weighted by atomic mass is 31.2. The Morgan fingerprint density at radius 2 is 0.939 bits per heavy atom. The first-order chi connectivity index (χ1) is 23.6. The molecule has 0 aliphatic rings. The minimum atomic E-state index is -0.880. The fourth-order valence-electron chi connectivity index (χ4n) is 8.07. The van der Waals surface area contributed by atoms with E-state index in [-0.39, 0.29) is 12.1 Å². The van der Waals surface area contributed by atoms with E-state index in [2.05, 4.69) is 188 Å². The Balaban J connectivity index is 1.48. The first kappa shape index (κ1) is 31.8. The molecular weight excluding hydrogens is 634 g/mol. The lowest BCUT2D eigenvalue weighted by molar-refractivity contribution is -0.530. The highest BCUT2D eigenvalue weighted by Crippen LogP contribution is 2.52. The van der Waals surface area contributed by atoms with Gasteiger partial charge in [0.1, 0.15) is 23.5 Å². The Hall–Kier alpha value is -4.49. The van der Waals surface area contributed by atoms with Crippen LogP contribution in [0.2, 0.25) is 0 Å². The van der Waals surface area contributed by atoms with Crippen molar-refractivity contribution in [1.29, 1.82) is 0 Å². The van der Waals surface area contributed by atoms with Crippen LogP contribution in [0.3, 0.4) is 0 Å². The molecule has 0 unspecified atom stereocenters. The molecule has 0 aliphatic carbocycles. The molecule has 0 radical (unpaired) electrons. The fraction of sp³-hybridized carbons (Fsp3) is 0.233. The topological polar surface area (TPSA) is 18.7 Å². The Labute approximate surface area is 292 Å². The predicted octanol–water partition coefficient (Wildman–Crippen LogP) is 12.0. The van der Waals surface area contributed by atoms with Gasteiger partial charge >= 0.3 is 15.6 Å². The third kappa shape index (κ3) is 5.25. The average molecular weight is 680 g/mol. The van der Waals surface area contributed by atoms with Gasteiger partial charge in [0, 0.05) is 0 Å². The van der Waals surface area contributed by atoms with Gasteiger partial charge < -0.3 is 0 Å². The molecule has 0 N–H and O–H groups in total. The van der Waals surface area contributed by atoms with Crippen LogP contribution in [0.25, 0.3) is 32.9 Å². The van der Waals surface area contributed by atoms with E-state index in [1.54, 1.807) is 0 Å². The van der Waals surface area contributed by atoms with E-state index >= 15 is 0 Å². The van der Waals surface area contributed by atoms with Crippen molar-refractivity contribution in [3.63, 3.8) is 0 Å². The van der Waals surface area contributed by atoms with Crippen molar-refractivity contribution in [3.05, 3.63) is 160 Å².